The van der Waals surface area contributed by atoms with Crippen LogP contribution in [0, 0.1) is 0 Å². The van der Waals surface area contributed by atoms with Crippen molar-refractivity contribution in [1.29, 1.82) is 0 Å². The number of hydrogen-bond acceptors (Lipinski definition) is 2. The maximum atomic E-state index is 11.8. The van der Waals surface area contributed by atoms with E-state index in [-0.39, 0.29) is 5.75 Å². The molecule has 0 bridgehead atoms. The third-order valence-electron chi connectivity index (χ3n) is 2.13. The summed E-state index contributed by atoms with van der Waals surface area (Å²) >= 11 is 0. The van der Waals surface area contributed by atoms with Gasteiger partial charge in [0.2, 0.25) is 0 Å². The van der Waals surface area contributed by atoms with Crippen LogP contribution in [0.2, 0.25) is 0 Å². The monoisotopic (exact) mass is 217 g/mol. The summed E-state index contributed by atoms with van der Waals surface area (Å²) < 4.78 is 39.3. The third-order valence-corrected chi connectivity index (χ3v) is 2.13. The van der Waals surface area contributed by atoms with Gasteiger partial charge in [-0.1, -0.05) is 12.1 Å². The van der Waals surface area contributed by atoms with Crippen molar-refractivity contribution in [3.05, 3.63) is 29.8 Å². The molecule has 15 heavy (non-hydrogen) atoms. The van der Waals surface area contributed by atoms with E-state index in [1.165, 1.54) is 12.1 Å². The molecule has 1 aliphatic heterocycles. The Bertz CT molecular complexity index is 330. The Labute approximate surface area is 85.0 Å². The third kappa shape index (κ3) is 3.43. The number of alkyl halides is 3. The molecule has 1 saturated heterocycles. The lowest BCUT2D eigenvalue weighted by Gasteiger charge is -2.08. The molecule has 0 aliphatic carbocycles. The van der Waals surface area contributed by atoms with Crippen LogP contribution in [-0.2, 0) is 6.42 Å². The van der Waals surface area contributed by atoms with Crippen molar-refractivity contribution in [2.75, 3.05) is 6.54 Å². The normalized spacial score (nSPS) is 20.1. The van der Waals surface area contributed by atoms with Crippen molar-refractivity contribution in [1.82, 2.24) is 5.32 Å². The fourth-order valence-corrected chi connectivity index (χ4v) is 1.34. The number of halogens is 3. The average Bonchev–Trinajstić information content (AvgIpc) is 2.90. The highest BCUT2D eigenvalue weighted by Crippen LogP contribution is 2.23. The van der Waals surface area contributed by atoms with Gasteiger partial charge in [0.15, 0.2) is 0 Å². The maximum absolute atomic E-state index is 11.8. The predicted octanol–water partition coefficient (Wildman–Crippen LogP) is 2.10. The Morgan fingerprint density at radius 2 is 1.87 bits per heavy atom. The largest absolute Gasteiger partial charge is 0.573 e. The molecule has 2 nitrogen and oxygen atoms in total. The van der Waals surface area contributed by atoms with Crippen molar-refractivity contribution < 1.29 is 17.9 Å². The minimum atomic E-state index is -4.61. The molecule has 1 fully saturated rings. The number of hydrogen-bond donors (Lipinski definition) is 1. The van der Waals surface area contributed by atoms with Gasteiger partial charge in [-0.3, -0.25) is 0 Å². The fourth-order valence-electron chi connectivity index (χ4n) is 1.34. The highest BCUT2D eigenvalue weighted by Gasteiger charge is 2.31. The van der Waals surface area contributed by atoms with Gasteiger partial charge < -0.3 is 10.1 Å². The van der Waals surface area contributed by atoms with Gasteiger partial charge in [0.25, 0.3) is 0 Å². The van der Waals surface area contributed by atoms with Crippen molar-refractivity contribution in [3.8, 4) is 5.75 Å². The molecule has 1 atom stereocenters. The van der Waals surface area contributed by atoms with Gasteiger partial charge in [-0.05, 0) is 24.1 Å². The molecule has 1 unspecified atom stereocenters. The van der Waals surface area contributed by atoms with E-state index in [9.17, 15) is 13.2 Å². The maximum Gasteiger partial charge on any atom is 0.573 e. The summed E-state index contributed by atoms with van der Waals surface area (Å²) in [7, 11) is 0. The minimum Gasteiger partial charge on any atom is -0.406 e. The summed E-state index contributed by atoms with van der Waals surface area (Å²) in [5, 5.41) is 3.12. The van der Waals surface area contributed by atoms with Crippen LogP contribution in [0.4, 0.5) is 13.2 Å². The van der Waals surface area contributed by atoms with Gasteiger partial charge in [-0.15, -0.1) is 13.2 Å². The van der Waals surface area contributed by atoms with E-state index in [0.29, 0.717) is 6.04 Å². The van der Waals surface area contributed by atoms with Crippen molar-refractivity contribution in [2.45, 2.75) is 18.8 Å². The highest BCUT2D eigenvalue weighted by molar-refractivity contribution is 5.28. The first-order valence-corrected chi connectivity index (χ1v) is 4.61. The summed E-state index contributed by atoms with van der Waals surface area (Å²) in [5.41, 5.74) is 1.01. The number of nitrogens with one attached hydrogen (secondary N) is 1. The van der Waals surface area contributed by atoms with E-state index in [1.807, 2.05) is 0 Å². The molecule has 1 aromatic carbocycles. The first-order chi connectivity index (χ1) is 7.03. The van der Waals surface area contributed by atoms with Crippen LogP contribution in [0.15, 0.2) is 24.3 Å². The lowest BCUT2D eigenvalue weighted by molar-refractivity contribution is -0.274. The molecule has 0 spiro atoms. The molecule has 1 heterocycles. The zero-order valence-corrected chi connectivity index (χ0v) is 7.84. The van der Waals surface area contributed by atoms with Gasteiger partial charge in [-0.2, -0.15) is 0 Å². The zero-order chi connectivity index (χ0) is 10.9. The Morgan fingerprint density at radius 1 is 1.27 bits per heavy atom. The first-order valence-electron chi connectivity index (χ1n) is 4.61. The summed E-state index contributed by atoms with van der Waals surface area (Å²) in [4.78, 5) is 0. The summed E-state index contributed by atoms with van der Waals surface area (Å²) in [6, 6.07) is 6.47. The Morgan fingerprint density at radius 3 is 2.33 bits per heavy atom. The lowest BCUT2D eigenvalue weighted by Crippen LogP contribution is -2.17. The van der Waals surface area contributed by atoms with Crippen LogP contribution in [0.25, 0.3) is 0 Å². The van der Waals surface area contributed by atoms with E-state index in [0.717, 1.165) is 18.5 Å². The second-order valence-electron chi connectivity index (χ2n) is 3.50. The topological polar surface area (TPSA) is 31.2 Å². The van der Waals surface area contributed by atoms with Crippen LogP contribution in [-0.4, -0.2) is 18.9 Å². The quantitative estimate of drug-likeness (QED) is 0.786. The predicted molar refractivity (Wildman–Crippen MR) is 48.6 cm³/mol. The van der Waals surface area contributed by atoms with Gasteiger partial charge in [0, 0.05) is 12.6 Å². The van der Waals surface area contributed by atoms with Gasteiger partial charge in [0.1, 0.15) is 5.75 Å². The summed E-state index contributed by atoms with van der Waals surface area (Å²) in [5.74, 6) is -0.171. The standard InChI is InChI=1S/C10H10F3NO/c11-10(12,13)15-9-3-1-7(2-4-9)5-8-6-14-8/h1-4,8,14H,5-6H2. The Kier molecular flexibility index (Phi) is 2.56. The number of rotatable bonds is 3. The SMILES string of the molecule is FC(F)(F)Oc1ccc(CC2CN2)cc1. The average molecular weight is 217 g/mol. The number of benzene rings is 1. The van der Waals surface area contributed by atoms with E-state index < -0.39 is 6.36 Å². The Balaban J connectivity index is 1.96. The molecule has 0 amide bonds. The van der Waals surface area contributed by atoms with E-state index >= 15 is 0 Å². The van der Waals surface area contributed by atoms with Crippen LogP contribution in [0.3, 0.4) is 0 Å². The van der Waals surface area contributed by atoms with E-state index in [4.69, 9.17) is 0 Å². The van der Waals surface area contributed by atoms with Crippen molar-refractivity contribution in [3.63, 3.8) is 0 Å². The molecular weight excluding hydrogens is 207 g/mol. The molecule has 1 N–H and O–H groups in total. The van der Waals surface area contributed by atoms with Crippen LogP contribution in [0.5, 0.6) is 5.75 Å². The molecule has 1 aromatic rings. The second kappa shape index (κ2) is 3.73. The Hall–Kier alpha value is -1.23. The second-order valence-corrected chi connectivity index (χ2v) is 3.50. The first kappa shape index (κ1) is 10.3. The molecule has 0 radical (unpaired) electrons. The van der Waals surface area contributed by atoms with Crippen LogP contribution in [0.1, 0.15) is 5.56 Å². The van der Waals surface area contributed by atoms with Gasteiger partial charge in [-0.25, -0.2) is 0 Å². The molecule has 5 heteroatoms. The minimum absolute atomic E-state index is 0.171. The molecule has 1 aliphatic rings. The number of ether oxygens (including phenoxy) is 1. The molecule has 0 saturated carbocycles. The highest BCUT2D eigenvalue weighted by atomic mass is 19.4. The van der Waals surface area contributed by atoms with Crippen molar-refractivity contribution >= 4 is 0 Å². The molecule has 0 aromatic heterocycles. The zero-order valence-electron chi connectivity index (χ0n) is 7.84. The summed E-state index contributed by atoms with van der Waals surface area (Å²) in [6.07, 6.45) is -3.76. The summed E-state index contributed by atoms with van der Waals surface area (Å²) in [6.45, 7) is 0.987. The van der Waals surface area contributed by atoms with E-state index in [2.05, 4.69) is 10.1 Å². The smallest absolute Gasteiger partial charge is 0.406 e. The fraction of sp³-hybridized carbons (Fsp3) is 0.400. The van der Waals surface area contributed by atoms with Gasteiger partial charge >= 0.3 is 6.36 Å². The molecule has 2 rings (SSSR count). The van der Waals surface area contributed by atoms with Gasteiger partial charge in [0.05, 0.1) is 0 Å². The molecule has 82 valence electrons. The molecular formula is C10H10F3NO. The van der Waals surface area contributed by atoms with Crippen molar-refractivity contribution in [2.24, 2.45) is 0 Å². The van der Waals surface area contributed by atoms with Crippen LogP contribution < -0.4 is 10.1 Å². The lowest BCUT2D eigenvalue weighted by atomic mass is 10.1. The van der Waals surface area contributed by atoms with E-state index in [1.54, 1.807) is 12.1 Å². The van der Waals surface area contributed by atoms with Crippen LogP contribution >= 0.6 is 0 Å².